The molecule has 0 radical (unpaired) electrons. The molecule has 2 N–H and O–H groups in total. The Balaban J connectivity index is 2.62. The molecule has 0 aliphatic rings. The summed E-state index contributed by atoms with van der Waals surface area (Å²) in [5, 5.41) is 5.88. The van der Waals surface area contributed by atoms with Crippen LogP contribution in [0, 0.1) is 0 Å². The van der Waals surface area contributed by atoms with E-state index in [1.807, 2.05) is 0 Å². The van der Waals surface area contributed by atoms with Crippen molar-refractivity contribution >= 4 is 27.3 Å². The van der Waals surface area contributed by atoms with Crippen molar-refractivity contribution in [1.29, 1.82) is 0 Å². The minimum absolute atomic E-state index is 0.0676. The number of rotatable bonds is 8. The zero-order valence-corrected chi connectivity index (χ0v) is 13.6. The second-order valence-corrected chi connectivity index (χ2v) is 6.83. The third-order valence-corrected chi connectivity index (χ3v) is 4.23. The van der Waals surface area contributed by atoms with E-state index < -0.39 is 9.84 Å². The molecule has 0 unspecified atom stereocenters. The number of carbonyl (C=O) groups excluding carboxylic acids is 1. The summed E-state index contributed by atoms with van der Waals surface area (Å²) in [4.78, 5) is 11.7. The van der Waals surface area contributed by atoms with Crippen LogP contribution >= 0.6 is 11.6 Å². The maximum Gasteiger partial charge on any atom is 0.234 e. The number of hydrogen-bond acceptors (Lipinski definition) is 5. The number of nitrogens with one attached hydrogen (secondary N) is 2. The average molecular weight is 335 g/mol. The van der Waals surface area contributed by atoms with Crippen LogP contribution in [0.5, 0.6) is 0 Å². The fourth-order valence-corrected chi connectivity index (χ4v) is 2.97. The Kier molecular flexibility index (Phi) is 7.10. The maximum atomic E-state index is 11.7. The van der Waals surface area contributed by atoms with Crippen LogP contribution in [0.3, 0.4) is 0 Å². The number of amides is 1. The van der Waals surface area contributed by atoms with Crippen LogP contribution in [-0.4, -0.2) is 47.4 Å². The zero-order chi connectivity index (χ0) is 15.9. The van der Waals surface area contributed by atoms with Crippen molar-refractivity contribution in [3.63, 3.8) is 0 Å². The smallest absolute Gasteiger partial charge is 0.234 e. The highest BCUT2D eigenvalue weighted by atomic mass is 35.5. The van der Waals surface area contributed by atoms with Crippen LogP contribution in [0.2, 0.25) is 5.02 Å². The number of methoxy groups -OCH3 is 1. The molecule has 0 bridgehead atoms. The van der Waals surface area contributed by atoms with E-state index in [9.17, 15) is 13.2 Å². The summed E-state index contributed by atoms with van der Waals surface area (Å²) in [6.45, 7) is 1.13. The lowest BCUT2D eigenvalue weighted by Gasteiger charge is -2.11. The van der Waals surface area contributed by atoms with Gasteiger partial charge in [0.05, 0.1) is 18.0 Å². The van der Waals surface area contributed by atoms with Gasteiger partial charge in [0.1, 0.15) is 0 Å². The van der Waals surface area contributed by atoms with Crippen LogP contribution in [0.4, 0.5) is 0 Å². The van der Waals surface area contributed by atoms with Gasteiger partial charge in [0, 0.05) is 37.0 Å². The molecule has 118 valence electrons. The number of halogens is 1. The van der Waals surface area contributed by atoms with Crippen LogP contribution in [-0.2, 0) is 25.9 Å². The molecule has 0 aliphatic heterocycles. The number of carbonyl (C=O) groups is 1. The summed E-state index contributed by atoms with van der Waals surface area (Å²) in [7, 11) is -1.82. The molecule has 1 aromatic rings. The molecule has 1 aromatic carbocycles. The van der Waals surface area contributed by atoms with Gasteiger partial charge in [0.25, 0.3) is 0 Å². The largest absolute Gasteiger partial charge is 0.383 e. The molecule has 1 amide bonds. The third kappa shape index (κ3) is 6.01. The molecule has 0 saturated heterocycles. The monoisotopic (exact) mass is 334 g/mol. The Labute approximate surface area is 129 Å². The van der Waals surface area contributed by atoms with Crippen molar-refractivity contribution in [2.75, 3.05) is 33.1 Å². The standard InChI is InChI=1S/C13H19ClN2O4S/c1-20-7-6-16-13(17)9-15-8-10-11(14)4-3-5-12(10)21(2,18)19/h3-5,15H,6-9H2,1-2H3,(H,16,17). The first-order valence-electron chi connectivity index (χ1n) is 6.30. The Hall–Kier alpha value is -1.15. The van der Waals surface area contributed by atoms with E-state index in [0.29, 0.717) is 23.7 Å². The lowest BCUT2D eigenvalue weighted by Crippen LogP contribution is -2.35. The molecule has 1 rings (SSSR count). The van der Waals surface area contributed by atoms with E-state index in [2.05, 4.69) is 10.6 Å². The normalized spacial score (nSPS) is 11.4. The highest BCUT2D eigenvalue weighted by Crippen LogP contribution is 2.23. The molecular formula is C13H19ClN2O4S. The highest BCUT2D eigenvalue weighted by Gasteiger charge is 2.15. The molecule has 8 heteroatoms. The minimum atomic E-state index is -3.37. The molecular weight excluding hydrogens is 316 g/mol. The molecule has 6 nitrogen and oxygen atoms in total. The summed E-state index contributed by atoms with van der Waals surface area (Å²) in [6.07, 6.45) is 1.12. The lowest BCUT2D eigenvalue weighted by molar-refractivity contribution is -0.120. The van der Waals surface area contributed by atoms with Gasteiger partial charge in [0.2, 0.25) is 5.91 Å². The Morgan fingerprint density at radius 3 is 2.71 bits per heavy atom. The van der Waals surface area contributed by atoms with E-state index in [1.54, 1.807) is 19.2 Å². The number of benzene rings is 1. The molecule has 21 heavy (non-hydrogen) atoms. The van der Waals surface area contributed by atoms with Crippen molar-refractivity contribution < 1.29 is 17.9 Å². The summed E-state index contributed by atoms with van der Waals surface area (Å²) >= 11 is 6.03. The third-order valence-electron chi connectivity index (χ3n) is 2.69. The fourth-order valence-electron chi connectivity index (χ4n) is 1.71. The first kappa shape index (κ1) is 17.9. The van der Waals surface area contributed by atoms with Gasteiger partial charge in [-0.2, -0.15) is 0 Å². The Morgan fingerprint density at radius 1 is 1.38 bits per heavy atom. The predicted molar refractivity (Wildman–Crippen MR) is 81.2 cm³/mol. The van der Waals surface area contributed by atoms with Crippen molar-refractivity contribution in [2.24, 2.45) is 0 Å². The van der Waals surface area contributed by atoms with Crippen molar-refractivity contribution in [1.82, 2.24) is 10.6 Å². The fraction of sp³-hybridized carbons (Fsp3) is 0.462. The second kappa shape index (κ2) is 8.33. The van der Waals surface area contributed by atoms with Gasteiger partial charge in [-0.25, -0.2) is 8.42 Å². The highest BCUT2D eigenvalue weighted by molar-refractivity contribution is 7.90. The second-order valence-electron chi connectivity index (χ2n) is 4.43. The van der Waals surface area contributed by atoms with Crippen LogP contribution in [0.1, 0.15) is 5.56 Å². The minimum Gasteiger partial charge on any atom is -0.383 e. The van der Waals surface area contributed by atoms with E-state index in [4.69, 9.17) is 16.3 Å². The zero-order valence-electron chi connectivity index (χ0n) is 12.0. The quantitative estimate of drug-likeness (QED) is 0.680. The van der Waals surface area contributed by atoms with Crippen molar-refractivity contribution in [2.45, 2.75) is 11.4 Å². The lowest BCUT2D eigenvalue weighted by atomic mass is 10.2. The summed E-state index contributed by atoms with van der Waals surface area (Å²) in [6, 6.07) is 4.70. The SMILES string of the molecule is COCCNC(=O)CNCc1c(Cl)cccc1S(C)(=O)=O. The first-order valence-corrected chi connectivity index (χ1v) is 8.57. The van der Waals surface area contributed by atoms with Gasteiger partial charge in [-0.15, -0.1) is 0 Å². The molecule has 0 saturated carbocycles. The summed E-state index contributed by atoms with van der Waals surface area (Å²) in [5.74, 6) is -0.194. The van der Waals surface area contributed by atoms with Gasteiger partial charge in [0.15, 0.2) is 9.84 Å². The van der Waals surface area contributed by atoms with Crippen LogP contribution < -0.4 is 10.6 Å². The van der Waals surface area contributed by atoms with E-state index in [0.717, 1.165) is 6.26 Å². The van der Waals surface area contributed by atoms with Gasteiger partial charge in [-0.1, -0.05) is 17.7 Å². The summed E-state index contributed by atoms with van der Waals surface area (Å²) in [5.41, 5.74) is 0.464. The summed E-state index contributed by atoms with van der Waals surface area (Å²) < 4.78 is 28.2. The predicted octanol–water partition coefficient (Wildman–Crippen LogP) is 0.596. The molecule has 0 spiro atoms. The number of sulfone groups is 1. The Morgan fingerprint density at radius 2 is 2.10 bits per heavy atom. The average Bonchev–Trinajstić information content (AvgIpc) is 2.39. The molecule has 0 aromatic heterocycles. The van der Waals surface area contributed by atoms with Gasteiger partial charge in [-0.05, 0) is 12.1 Å². The Bertz CT molecular complexity index is 590. The van der Waals surface area contributed by atoms with E-state index >= 15 is 0 Å². The van der Waals surface area contributed by atoms with Crippen molar-refractivity contribution in [3.05, 3.63) is 28.8 Å². The molecule has 0 aliphatic carbocycles. The van der Waals surface area contributed by atoms with Gasteiger partial charge in [-0.3, -0.25) is 4.79 Å². The number of hydrogen-bond donors (Lipinski definition) is 2. The van der Waals surface area contributed by atoms with Crippen LogP contribution in [0.15, 0.2) is 23.1 Å². The van der Waals surface area contributed by atoms with Crippen molar-refractivity contribution in [3.8, 4) is 0 Å². The van der Waals surface area contributed by atoms with E-state index in [-0.39, 0.29) is 23.9 Å². The number of ether oxygens (including phenoxy) is 1. The van der Waals surface area contributed by atoms with Gasteiger partial charge < -0.3 is 15.4 Å². The molecule has 0 atom stereocenters. The maximum absolute atomic E-state index is 11.7. The molecule has 0 heterocycles. The topological polar surface area (TPSA) is 84.5 Å². The molecule has 0 fully saturated rings. The van der Waals surface area contributed by atoms with Gasteiger partial charge >= 0.3 is 0 Å². The van der Waals surface area contributed by atoms with Crippen LogP contribution in [0.25, 0.3) is 0 Å². The van der Waals surface area contributed by atoms with E-state index in [1.165, 1.54) is 6.07 Å². The first-order chi connectivity index (χ1) is 9.86.